The number of anilines is 1. The Hall–Kier alpha value is -2.35. The zero-order valence-corrected chi connectivity index (χ0v) is 25.6. The number of nitrogen functional groups attached to an aromatic ring is 1. The van der Waals surface area contributed by atoms with Crippen molar-refractivity contribution in [1.82, 2.24) is 29.1 Å². The van der Waals surface area contributed by atoms with Gasteiger partial charge in [0.05, 0.1) is 46.9 Å². The third kappa shape index (κ3) is 5.65. The number of rotatable bonds is 2. The number of ether oxygens (including phenoxy) is 2. The van der Waals surface area contributed by atoms with E-state index in [4.69, 9.17) is 56.5 Å². The molecule has 7 rings (SSSR count). The van der Waals surface area contributed by atoms with Crippen LogP contribution in [-0.4, -0.2) is 93.9 Å². The van der Waals surface area contributed by atoms with E-state index in [1.54, 1.807) is 0 Å². The first-order chi connectivity index (χ1) is 21.3. The second-order valence-corrected chi connectivity index (χ2v) is 13.9. The van der Waals surface area contributed by atoms with Crippen LogP contribution >= 0.6 is 38.8 Å². The van der Waals surface area contributed by atoms with E-state index in [-0.39, 0.29) is 27.0 Å². The molecule has 6 unspecified atom stereocenters. The average Bonchev–Trinajstić information content (AvgIpc) is 3.73. The van der Waals surface area contributed by atoms with Crippen LogP contribution in [0.1, 0.15) is 12.5 Å². The van der Waals surface area contributed by atoms with Gasteiger partial charge in [-0.3, -0.25) is 22.7 Å². The largest absolute Gasteiger partial charge is 0.472 e. The van der Waals surface area contributed by atoms with Gasteiger partial charge in [0.2, 0.25) is 0 Å². The highest BCUT2D eigenvalue weighted by atomic mass is 35.5. The topological polar surface area (TPSA) is 238 Å². The normalized spacial score (nSPS) is 37.7. The van der Waals surface area contributed by atoms with Gasteiger partial charge in [0.1, 0.15) is 42.4 Å². The highest BCUT2D eigenvalue weighted by Crippen LogP contribution is 2.54. The van der Waals surface area contributed by atoms with E-state index in [9.17, 15) is 24.0 Å². The lowest BCUT2D eigenvalue weighted by Crippen LogP contribution is -2.38. The molecule has 23 heteroatoms. The summed E-state index contributed by atoms with van der Waals surface area (Å²) in [6, 6.07) is 2.95. The van der Waals surface area contributed by atoms with Gasteiger partial charge in [0.15, 0.2) is 30.1 Å². The number of nitrogens with zero attached hydrogens (tertiary/aromatic N) is 6. The molecule has 0 aliphatic carbocycles. The Bertz CT molecular complexity index is 1890. The minimum Gasteiger partial charge on any atom is -0.386 e. The molecule has 3 aromatic heterocycles. The number of phosphoric ester groups is 2. The first-order valence-corrected chi connectivity index (χ1v) is 16.8. The molecule has 0 saturated carbocycles. The summed E-state index contributed by atoms with van der Waals surface area (Å²) in [5.41, 5.74) is 6.78. The molecule has 4 aromatic rings. The first kappa shape index (κ1) is 31.3. The maximum Gasteiger partial charge on any atom is 0.472 e. The number of nitrogens with two attached hydrogens (primary N) is 1. The van der Waals surface area contributed by atoms with Gasteiger partial charge in [-0.05, 0) is 12.1 Å². The van der Waals surface area contributed by atoms with Crippen molar-refractivity contribution in [1.29, 1.82) is 0 Å². The van der Waals surface area contributed by atoms with Crippen LogP contribution in [0, 0.1) is 0 Å². The summed E-state index contributed by atoms with van der Waals surface area (Å²) in [7, 11) is -10.1. The van der Waals surface area contributed by atoms with Crippen LogP contribution in [0.15, 0.2) is 31.1 Å². The smallest absolute Gasteiger partial charge is 0.386 e. The number of benzene rings is 1. The lowest BCUT2D eigenvalue weighted by atomic mass is 10.1. The number of alkyl halides is 1. The number of hydrogen-bond acceptors (Lipinski definition) is 14. The molecular formula is C22H22Cl2FN7O11P2. The molecule has 10 atom stereocenters. The fourth-order valence-corrected chi connectivity index (χ4v) is 7.61. The molecule has 3 aliphatic heterocycles. The number of hydrogen-bond donors (Lipinski definition) is 4. The van der Waals surface area contributed by atoms with Gasteiger partial charge in [-0.15, -0.1) is 0 Å². The predicted octanol–water partition coefficient (Wildman–Crippen LogP) is 2.28. The van der Waals surface area contributed by atoms with Gasteiger partial charge in [0.25, 0.3) is 0 Å². The zero-order valence-electron chi connectivity index (χ0n) is 22.3. The monoisotopic (exact) mass is 711 g/mol. The number of aliphatic hydroxyl groups is 1. The number of imidazole rings is 2. The number of aromatic nitrogens is 6. The third-order valence-electron chi connectivity index (χ3n) is 7.44. The Morgan fingerprint density at radius 3 is 2.24 bits per heavy atom. The standard InChI is InChI=1S/C22H22Cl2FN7O11P2/c23-8-1-10-11(2-9(8)24)31(6-29-10)22-16(33)18-13(41-22)4-39-44(34,35)42-17-12(3-38-45(36,37)43-18)40-21(14(17)25)32-7-30-15-19(26)27-5-28-20(15)32/h1-2,5-7,12-14,16-18,21-22,33H,3-4H2,(H,34,35)(H,36,37)(H2,26,27,28)/t12-,13-,14?,16?,17?,18?,21-,22-/m1/s1. The van der Waals surface area contributed by atoms with E-state index in [1.165, 1.54) is 29.4 Å². The second-order valence-electron chi connectivity index (χ2n) is 10.2. The first-order valence-electron chi connectivity index (χ1n) is 13.0. The van der Waals surface area contributed by atoms with Crippen molar-refractivity contribution in [3.05, 3.63) is 41.2 Å². The van der Waals surface area contributed by atoms with Crippen molar-refractivity contribution in [3.8, 4) is 0 Å². The zero-order chi connectivity index (χ0) is 31.8. The molecule has 0 amide bonds. The van der Waals surface area contributed by atoms with Gasteiger partial charge in [-0.2, -0.15) is 0 Å². The molecule has 0 spiro atoms. The number of aliphatic hydroxyl groups excluding tert-OH is 1. The molecule has 3 saturated heterocycles. The minimum atomic E-state index is -5.08. The van der Waals surface area contributed by atoms with Crippen molar-refractivity contribution >= 4 is 66.9 Å². The highest BCUT2D eigenvalue weighted by Gasteiger charge is 2.54. The van der Waals surface area contributed by atoms with E-state index in [2.05, 4.69) is 19.9 Å². The fourth-order valence-electron chi connectivity index (χ4n) is 5.38. The van der Waals surface area contributed by atoms with Crippen LogP contribution in [0.25, 0.3) is 22.2 Å². The van der Waals surface area contributed by atoms with Gasteiger partial charge < -0.3 is 34.7 Å². The van der Waals surface area contributed by atoms with Crippen LogP contribution in [0.2, 0.25) is 10.0 Å². The SMILES string of the molecule is Nc1ncnc2c1ncn2[C@@H]1O[C@@H]2COP(=O)(O)OC3C(O)[C@H](n4cnc5cc(Cl)c(Cl)cc54)O[C@@H]3COP(=O)(O)OC2C1F. The average molecular weight is 712 g/mol. The lowest BCUT2D eigenvalue weighted by molar-refractivity contribution is -0.0662. The van der Waals surface area contributed by atoms with E-state index in [1.807, 2.05) is 0 Å². The summed E-state index contributed by atoms with van der Waals surface area (Å²) in [5.74, 6) is 0.0106. The predicted molar refractivity (Wildman–Crippen MR) is 150 cm³/mol. The summed E-state index contributed by atoms with van der Waals surface area (Å²) in [4.78, 5) is 37.3. The van der Waals surface area contributed by atoms with Gasteiger partial charge in [-0.25, -0.2) is 33.5 Å². The Kier molecular flexibility index (Phi) is 7.93. The van der Waals surface area contributed by atoms with Crippen molar-refractivity contribution in [3.63, 3.8) is 0 Å². The Balaban J connectivity index is 1.16. The van der Waals surface area contributed by atoms with Gasteiger partial charge in [0, 0.05) is 0 Å². The molecular weight excluding hydrogens is 690 g/mol. The molecule has 242 valence electrons. The van der Waals surface area contributed by atoms with Gasteiger partial charge >= 0.3 is 15.6 Å². The molecule has 3 aliphatic rings. The Morgan fingerprint density at radius 2 is 1.51 bits per heavy atom. The quantitative estimate of drug-likeness (QED) is 0.218. The Labute approximate surface area is 260 Å². The van der Waals surface area contributed by atoms with Crippen LogP contribution in [0.4, 0.5) is 10.2 Å². The highest BCUT2D eigenvalue weighted by molar-refractivity contribution is 7.47. The van der Waals surface area contributed by atoms with Crippen LogP contribution in [0.5, 0.6) is 0 Å². The second kappa shape index (κ2) is 11.4. The summed E-state index contributed by atoms with van der Waals surface area (Å²) in [5, 5.41) is 11.6. The van der Waals surface area contributed by atoms with E-state index in [0.29, 0.717) is 11.0 Å². The van der Waals surface area contributed by atoms with Gasteiger partial charge in [-0.1, -0.05) is 23.2 Å². The molecule has 45 heavy (non-hydrogen) atoms. The van der Waals surface area contributed by atoms with E-state index < -0.39 is 78.0 Å². The summed E-state index contributed by atoms with van der Waals surface area (Å²) in [6.45, 7) is -1.67. The Morgan fingerprint density at radius 1 is 0.889 bits per heavy atom. The lowest BCUT2D eigenvalue weighted by Gasteiger charge is -2.27. The molecule has 0 bridgehead atoms. The molecule has 3 fully saturated rings. The van der Waals surface area contributed by atoms with Crippen molar-refractivity contribution in [2.75, 3.05) is 18.9 Å². The van der Waals surface area contributed by atoms with Crippen molar-refractivity contribution in [2.45, 2.75) is 49.1 Å². The number of phosphoric acid groups is 2. The fraction of sp³-hybridized carbons (Fsp3) is 0.455. The summed E-state index contributed by atoms with van der Waals surface area (Å²) < 4.78 is 76.8. The van der Waals surface area contributed by atoms with Crippen LogP contribution in [-0.2, 0) is 36.7 Å². The third-order valence-corrected chi connectivity index (χ3v) is 10.1. The molecule has 1 aromatic carbocycles. The maximum absolute atomic E-state index is 15.9. The molecule has 0 radical (unpaired) electrons. The van der Waals surface area contributed by atoms with E-state index >= 15 is 4.39 Å². The van der Waals surface area contributed by atoms with E-state index in [0.717, 1.165) is 10.9 Å². The molecule has 6 heterocycles. The molecule has 5 N–H and O–H groups in total. The van der Waals surface area contributed by atoms with Crippen LogP contribution < -0.4 is 5.73 Å². The van der Waals surface area contributed by atoms with Crippen molar-refractivity contribution in [2.24, 2.45) is 0 Å². The van der Waals surface area contributed by atoms with Crippen molar-refractivity contribution < 1.29 is 56.0 Å². The minimum absolute atomic E-state index is 0.0106. The summed E-state index contributed by atoms with van der Waals surface area (Å²) in [6.07, 6.45) is -9.60. The summed E-state index contributed by atoms with van der Waals surface area (Å²) >= 11 is 12.2. The number of fused-ring (bicyclic) bond motifs is 4. The molecule has 18 nitrogen and oxygen atoms in total. The number of halogens is 3. The maximum atomic E-state index is 15.9. The van der Waals surface area contributed by atoms with Crippen LogP contribution in [0.3, 0.4) is 0 Å².